The Morgan fingerprint density at radius 2 is 1.93 bits per heavy atom. The number of benzene rings is 2. The molecular formula is C23H29N3O2. The predicted molar refractivity (Wildman–Crippen MR) is 112 cm³/mol. The number of nitrogens with one attached hydrogen (secondary N) is 2. The smallest absolute Gasteiger partial charge is 0.237 e. The van der Waals surface area contributed by atoms with Crippen molar-refractivity contribution >= 4 is 11.8 Å². The summed E-state index contributed by atoms with van der Waals surface area (Å²) in [5, 5.41) is 5.90. The maximum absolute atomic E-state index is 12.5. The minimum atomic E-state index is -0.223. The first kappa shape index (κ1) is 20.1. The van der Waals surface area contributed by atoms with E-state index >= 15 is 0 Å². The average molecular weight is 380 g/mol. The molecule has 1 aliphatic rings. The van der Waals surface area contributed by atoms with Crippen LogP contribution in [-0.2, 0) is 16.1 Å². The van der Waals surface area contributed by atoms with Crippen LogP contribution < -0.4 is 10.6 Å². The second-order valence-corrected chi connectivity index (χ2v) is 7.49. The van der Waals surface area contributed by atoms with Crippen LogP contribution in [0, 0.1) is 6.92 Å². The van der Waals surface area contributed by atoms with Gasteiger partial charge in [0.2, 0.25) is 11.8 Å². The van der Waals surface area contributed by atoms with E-state index in [9.17, 15) is 9.59 Å². The van der Waals surface area contributed by atoms with E-state index in [2.05, 4.69) is 64.9 Å². The fourth-order valence-corrected chi connectivity index (χ4v) is 4.00. The van der Waals surface area contributed by atoms with Gasteiger partial charge in [0.05, 0.1) is 6.04 Å². The van der Waals surface area contributed by atoms with E-state index in [4.69, 9.17) is 0 Å². The topological polar surface area (TPSA) is 61.4 Å². The maximum Gasteiger partial charge on any atom is 0.237 e. The number of rotatable bonds is 6. The number of hydrogen-bond acceptors (Lipinski definition) is 3. The van der Waals surface area contributed by atoms with Crippen LogP contribution in [0.15, 0.2) is 48.5 Å². The van der Waals surface area contributed by atoms with Gasteiger partial charge in [0, 0.05) is 32.6 Å². The highest BCUT2D eigenvalue weighted by molar-refractivity contribution is 5.82. The molecule has 148 valence electrons. The molecular weight excluding hydrogens is 350 g/mol. The van der Waals surface area contributed by atoms with Crippen LogP contribution in [0.3, 0.4) is 0 Å². The van der Waals surface area contributed by atoms with Gasteiger partial charge in [-0.1, -0.05) is 42.5 Å². The summed E-state index contributed by atoms with van der Waals surface area (Å²) in [6, 6.07) is 16.6. The van der Waals surface area contributed by atoms with Crippen LogP contribution in [0.25, 0.3) is 11.1 Å². The molecule has 1 saturated heterocycles. The molecule has 0 unspecified atom stereocenters. The summed E-state index contributed by atoms with van der Waals surface area (Å²) >= 11 is 0. The molecule has 1 aliphatic heterocycles. The van der Waals surface area contributed by atoms with Crippen LogP contribution in [0.5, 0.6) is 0 Å². The Morgan fingerprint density at radius 1 is 1.14 bits per heavy atom. The number of aryl methyl sites for hydroxylation is 1. The second-order valence-electron chi connectivity index (χ2n) is 7.49. The molecule has 2 aromatic rings. The van der Waals surface area contributed by atoms with Crippen LogP contribution in [0.1, 0.15) is 31.4 Å². The minimum absolute atomic E-state index is 0.00431. The molecule has 1 heterocycles. The predicted octanol–water partition coefficient (Wildman–Crippen LogP) is 2.88. The van der Waals surface area contributed by atoms with Crippen molar-refractivity contribution in [1.29, 1.82) is 0 Å². The van der Waals surface area contributed by atoms with Crippen molar-refractivity contribution in [1.82, 2.24) is 15.5 Å². The van der Waals surface area contributed by atoms with E-state index in [0.29, 0.717) is 26.1 Å². The summed E-state index contributed by atoms with van der Waals surface area (Å²) in [5.41, 5.74) is 4.82. The standard InChI is InChI=1S/C23H29N3O2/c1-4-24-23(28)22-13-20(25-17(3)27)15-26(22)14-18-9-7-10-19(12-18)21-11-6-5-8-16(21)2/h5-12,20,22H,4,13-15H2,1-3H3,(H,24,28)(H,25,27)/t20-,22-/m0/s1. The molecule has 0 bridgehead atoms. The van der Waals surface area contributed by atoms with Gasteiger partial charge in [-0.05, 0) is 48.6 Å². The fourth-order valence-electron chi connectivity index (χ4n) is 4.00. The average Bonchev–Trinajstić information content (AvgIpc) is 3.04. The molecule has 1 fully saturated rings. The molecule has 2 atom stereocenters. The molecule has 2 N–H and O–H groups in total. The zero-order chi connectivity index (χ0) is 20.1. The molecule has 5 heteroatoms. The fraction of sp³-hybridized carbons (Fsp3) is 0.391. The number of amides is 2. The molecule has 5 nitrogen and oxygen atoms in total. The van der Waals surface area contributed by atoms with Crippen LogP contribution in [0.4, 0.5) is 0 Å². The van der Waals surface area contributed by atoms with E-state index in [1.807, 2.05) is 13.0 Å². The maximum atomic E-state index is 12.5. The quantitative estimate of drug-likeness (QED) is 0.811. The second kappa shape index (κ2) is 9.02. The van der Waals surface area contributed by atoms with Crippen LogP contribution in [-0.4, -0.2) is 41.9 Å². The lowest BCUT2D eigenvalue weighted by Gasteiger charge is -2.23. The van der Waals surface area contributed by atoms with Gasteiger partial charge < -0.3 is 10.6 Å². The molecule has 0 aliphatic carbocycles. The van der Waals surface area contributed by atoms with Gasteiger partial charge in [0.15, 0.2) is 0 Å². The molecule has 2 aromatic carbocycles. The van der Waals surface area contributed by atoms with Gasteiger partial charge in [-0.3, -0.25) is 14.5 Å². The van der Waals surface area contributed by atoms with Crippen LogP contribution in [0.2, 0.25) is 0 Å². The van der Waals surface area contributed by atoms with Gasteiger partial charge in [-0.2, -0.15) is 0 Å². The van der Waals surface area contributed by atoms with Crippen molar-refractivity contribution in [2.24, 2.45) is 0 Å². The minimum Gasteiger partial charge on any atom is -0.355 e. The summed E-state index contributed by atoms with van der Waals surface area (Å²) in [6.07, 6.45) is 0.642. The summed E-state index contributed by atoms with van der Waals surface area (Å²) in [5.74, 6) is -0.0199. The van der Waals surface area contributed by atoms with Gasteiger partial charge in [0.25, 0.3) is 0 Å². The first-order valence-electron chi connectivity index (χ1n) is 9.91. The third kappa shape index (κ3) is 4.78. The number of carbonyl (C=O) groups is 2. The normalized spacial score (nSPS) is 19.4. The van der Waals surface area contributed by atoms with Crippen molar-refractivity contribution < 1.29 is 9.59 Å². The highest BCUT2D eigenvalue weighted by Gasteiger charge is 2.36. The van der Waals surface area contributed by atoms with E-state index in [1.54, 1.807) is 0 Å². The largest absolute Gasteiger partial charge is 0.355 e. The molecule has 0 spiro atoms. The van der Waals surface area contributed by atoms with Crippen LogP contribution >= 0.6 is 0 Å². The lowest BCUT2D eigenvalue weighted by Crippen LogP contribution is -2.42. The first-order chi connectivity index (χ1) is 13.5. The number of likely N-dealkylation sites (tertiary alicyclic amines) is 1. The SMILES string of the molecule is CCNC(=O)[C@@H]1C[C@H](NC(C)=O)CN1Cc1cccc(-c2ccccc2C)c1. The van der Waals surface area contributed by atoms with Crippen molar-refractivity contribution in [3.63, 3.8) is 0 Å². The molecule has 0 radical (unpaired) electrons. The first-order valence-corrected chi connectivity index (χ1v) is 9.91. The van der Waals surface area contributed by atoms with Gasteiger partial charge >= 0.3 is 0 Å². The Kier molecular flexibility index (Phi) is 6.47. The number of carbonyl (C=O) groups excluding carboxylic acids is 2. The van der Waals surface area contributed by atoms with Gasteiger partial charge in [-0.25, -0.2) is 0 Å². The van der Waals surface area contributed by atoms with Crippen molar-refractivity contribution in [3.05, 3.63) is 59.7 Å². The lowest BCUT2D eigenvalue weighted by atomic mass is 9.99. The summed E-state index contributed by atoms with van der Waals surface area (Å²) in [4.78, 5) is 26.2. The van der Waals surface area contributed by atoms with Crippen molar-refractivity contribution in [2.75, 3.05) is 13.1 Å². The monoisotopic (exact) mass is 379 g/mol. The molecule has 3 rings (SSSR count). The third-order valence-electron chi connectivity index (χ3n) is 5.23. The highest BCUT2D eigenvalue weighted by Crippen LogP contribution is 2.26. The molecule has 2 amide bonds. The zero-order valence-electron chi connectivity index (χ0n) is 16.9. The highest BCUT2D eigenvalue weighted by atomic mass is 16.2. The number of likely N-dealkylation sites (N-methyl/N-ethyl adjacent to an activating group) is 1. The van der Waals surface area contributed by atoms with Crippen molar-refractivity contribution in [2.45, 2.75) is 45.8 Å². The molecule has 0 saturated carbocycles. The van der Waals surface area contributed by atoms with E-state index in [0.717, 1.165) is 0 Å². The Hall–Kier alpha value is -2.66. The summed E-state index contributed by atoms with van der Waals surface area (Å²) in [7, 11) is 0. The van der Waals surface area contributed by atoms with E-state index < -0.39 is 0 Å². The Bertz CT molecular complexity index is 849. The third-order valence-corrected chi connectivity index (χ3v) is 5.23. The lowest BCUT2D eigenvalue weighted by molar-refractivity contribution is -0.125. The summed E-state index contributed by atoms with van der Waals surface area (Å²) in [6.45, 7) is 7.53. The molecule has 28 heavy (non-hydrogen) atoms. The number of hydrogen-bond donors (Lipinski definition) is 2. The zero-order valence-corrected chi connectivity index (χ0v) is 16.9. The van der Waals surface area contributed by atoms with Gasteiger partial charge in [-0.15, -0.1) is 0 Å². The molecule has 0 aromatic heterocycles. The Balaban J connectivity index is 1.80. The Morgan fingerprint density at radius 3 is 2.64 bits per heavy atom. The van der Waals surface area contributed by atoms with E-state index in [-0.39, 0.29) is 23.9 Å². The Labute approximate surface area is 167 Å². The summed E-state index contributed by atoms with van der Waals surface area (Å²) < 4.78 is 0. The number of nitrogens with zero attached hydrogens (tertiary/aromatic N) is 1. The van der Waals surface area contributed by atoms with Gasteiger partial charge in [0.1, 0.15) is 0 Å². The van der Waals surface area contributed by atoms with Crippen molar-refractivity contribution in [3.8, 4) is 11.1 Å². The van der Waals surface area contributed by atoms with E-state index in [1.165, 1.54) is 29.2 Å².